The normalized spacial score (nSPS) is 23.2. The van der Waals surface area contributed by atoms with Crippen LogP contribution in [0.25, 0.3) is 0 Å². The number of benzene rings is 1. The quantitative estimate of drug-likeness (QED) is 0.823. The number of amides is 1. The number of likely N-dealkylation sites (tertiary alicyclic amines) is 1. The van der Waals surface area contributed by atoms with Crippen LogP contribution >= 0.6 is 11.6 Å². The number of carbonyl (C=O) groups is 1. The number of oxime groups is 1. The molecule has 0 aromatic heterocycles. The van der Waals surface area contributed by atoms with E-state index in [9.17, 15) is 4.79 Å². The highest BCUT2D eigenvalue weighted by atomic mass is 35.5. The van der Waals surface area contributed by atoms with Crippen molar-refractivity contribution in [3.05, 3.63) is 34.9 Å². The summed E-state index contributed by atoms with van der Waals surface area (Å²) >= 11 is 5.85. The summed E-state index contributed by atoms with van der Waals surface area (Å²) in [6, 6.07) is 7.49. The van der Waals surface area contributed by atoms with Crippen molar-refractivity contribution >= 4 is 23.2 Å². The minimum absolute atomic E-state index is 0.160. The number of hydrogen-bond acceptors (Lipinski definition) is 3. The van der Waals surface area contributed by atoms with Crippen molar-refractivity contribution in [2.24, 2.45) is 5.16 Å². The molecule has 0 N–H and O–H groups in total. The van der Waals surface area contributed by atoms with E-state index in [1.807, 2.05) is 24.3 Å². The molecule has 1 saturated heterocycles. The van der Waals surface area contributed by atoms with Gasteiger partial charge in [-0.25, -0.2) is 0 Å². The van der Waals surface area contributed by atoms with E-state index in [-0.39, 0.29) is 12.1 Å². The molecule has 5 heteroatoms. The number of rotatable bonds is 2. The Balaban J connectivity index is 1.71. The lowest BCUT2D eigenvalue weighted by atomic mass is 10.1. The molecule has 2 heterocycles. The van der Waals surface area contributed by atoms with Crippen LogP contribution in [0.2, 0.25) is 5.02 Å². The summed E-state index contributed by atoms with van der Waals surface area (Å²) in [6.07, 6.45) is 1.95. The predicted octanol–water partition coefficient (Wildman–Crippen LogP) is 2.41. The van der Waals surface area contributed by atoms with Crippen molar-refractivity contribution in [2.45, 2.75) is 25.5 Å². The zero-order valence-corrected chi connectivity index (χ0v) is 10.6. The summed E-state index contributed by atoms with van der Waals surface area (Å²) < 4.78 is 0. The maximum absolute atomic E-state index is 11.6. The van der Waals surface area contributed by atoms with Gasteiger partial charge in [-0.3, -0.25) is 4.79 Å². The lowest BCUT2D eigenvalue weighted by Gasteiger charge is -2.20. The van der Waals surface area contributed by atoms with Crippen LogP contribution in [0.4, 0.5) is 0 Å². The molecule has 3 rings (SSSR count). The predicted molar refractivity (Wildman–Crippen MR) is 68.4 cm³/mol. The molecule has 2 aliphatic heterocycles. The molecule has 94 valence electrons. The van der Waals surface area contributed by atoms with Crippen LogP contribution in [0.15, 0.2) is 29.4 Å². The highest BCUT2D eigenvalue weighted by Gasteiger charge is 2.33. The summed E-state index contributed by atoms with van der Waals surface area (Å²) in [6.45, 7) is 0.771. The molecule has 1 aromatic rings. The van der Waals surface area contributed by atoms with E-state index in [1.165, 1.54) is 0 Å². The molecule has 0 aliphatic carbocycles. The first-order chi connectivity index (χ1) is 8.74. The molecule has 0 saturated carbocycles. The third kappa shape index (κ3) is 2.08. The van der Waals surface area contributed by atoms with Crippen molar-refractivity contribution < 1.29 is 9.63 Å². The second kappa shape index (κ2) is 4.61. The van der Waals surface area contributed by atoms with Gasteiger partial charge >= 0.3 is 0 Å². The zero-order valence-electron chi connectivity index (χ0n) is 9.80. The number of carbonyl (C=O) groups excluding carboxylic acids is 1. The molecule has 0 radical (unpaired) electrons. The van der Waals surface area contributed by atoms with Gasteiger partial charge in [-0.2, -0.15) is 0 Å². The molecule has 1 amide bonds. The van der Waals surface area contributed by atoms with Gasteiger partial charge in [0.25, 0.3) is 0 Å². The maximum atomic E-state index is 11.6. The van der Waals surface area contributed by atoms with E-state index in [1.54, 1.807) is 4.90 Å². The average molecular weight is 265 g/mol. The molecular formula is C13H13ClN2O2. The van der Waals surface area contributed by atoms with E-state index in [0.717, 1.165) is 24.2 Å². The molecule has 2 aliphatic rings. The summed E-state index contributed by atoms with van der Waals surface area (Å²) in [7, 11) is 0. The van der Waals surface area contributed by atoms with E-state index in [4.69, 9.17) is 16.4 Å². The van der Waals surface area contributed by atoms with Crippen molar-refractivity contribution in [3.63, 3.8) is 0 Å². The molecule has 1 unspecified atom stereocenters. The van der Waals surface area contributed by atoms with Gasteiger partial charge < -0.3 is 9.74 Å². The van der Waals surface area contributed by atoms with Crippen LogP contribution in [0, 0.1) is 0 Å². The van der Waals surface area contributed by atoms with Crippen LogP contribution in [-0.4, -0.2) is 29.3 Å². The molecule has 0 spiro atoms. The smallest absolute Gasteiger partial charge is 0.225 e. The lowest BCUT2D eigenvalue weighted by Crippen LogP contribution is -2.36. The highest BCUT2D eigenvalue weighted by molar-refractivity contribution is 6.30. The van der Waals surface area contributed by atoms with E-state index in [2.05, 4.69) is 5.16 Å². The summed E-state index contributed by atoms with van der Waals surface area (Å²) in [4.78, 5) is 18.8. The summed E-state index contributed by atoms with van der Waals surface area (Å²) in [5.74, 6) is 0.160. The van der Waals surface area contributed by atoms with Gasteiger partial charge in [0.2, 0.25) is 12.1 Å². The maximum Gasteiger partial charge on any atom is 0.225 e. The van der Waals surface area contributed by atoms with Gasteiger partial charge in [0, 0.05) is 18.0 Å². The van der Waals surface area contributed by atoms with Gasteiger partial charge in [0.05, 0.1) is 12.1 Å². The van der Waals surface area contributed by atoms with Gasteiger partial charge in [-0.1, -0.05) is 28.9 Å². The number of nitrogens with zero attached hydrogens (tertiary/aromatic N) is 2. The Kier molecular flexibility index (Phi) is 2.96. The minimum atomic E-state index is -0.231. The second-order valence-corrected chi connectivity index (χ2v) is 4.94. The topological polar surface area (TPSA) is 41.9 Å². The monoisotopic (exact) mass is 264 g/mol. The Hall–Kier alpha value is -1.55. The first kappa shape index (κ1) is 11.5. The largest absolute Gasteiger partial charge is 0.370 e. The Morgan fingerprint density at radius 3 is 2.78 bits per heavy atom. The SMILES string of the molecule is O=C1CCCN1C1CC(c2ccc(Cl)cc2)=NO1. The second-order valence-electron chi connectivity index (χ2n) is 4.50. The van der Waals surface area contributed by atoms with Gasteiger partial charge in [-0.05, 0) is 24.1 Å². The van der Waals surface area contributed by atoms with Crippen LogP contribution < -0.4 is 0 Å². The zero-order chi connectivity index (χ0) is 12.5. The molecule has 1 fully saturated rings. The fraction of sp³-hybridized carbons (Fsp3) is 0.385. The van der Waals surface area contributed by atoms with Crippen molar-refractivity contribution in [1.82, 2.24) is 4.90 Å². The standard InChI is InChI=1S/C13H13ClN2O2/c14-10-5-3-9(4-6-10)11-8-13(18-15-11)16-7-1-2-12(16)17/h3-6,13H,1-2,7-8H2. The van der Waals surface area contributed by atoms with Crippen molar-refractivity contribution in [1.29, 1.82) is 0 Å². The van der Waals surface area contributed by atoms with E-state index in [0.29, 0.717) is 17.9 Å². The Morgan fingerprint density at radius 2 is 2.11 bits per heavy atom. The van der Waals surface area contributed by atoms with Gasteiger partial charge in [-0.15, -0.1) is 0 Å². The van der Waals surface area contributed by atoms with Crippen LogP contribution in [0.1, 0.15) is 24.8 Å². The summed E-state index contributed by atoms with van der Waals surface area (Å²) in [5.41, 5.74) is 1.87. The molecular weight excluding hydrogens is 252 g/mol. The van der Waals surface area contributed by atoms with Crippen LogP contribution in [0.5, 0.6) is 0 Å². The molecule has 1 aromatic carbocycles. The molecule has 1 atom stereocenters. The molecule has 0 bridgehead atoms. The highest BCUT2D eigenvalue weighted by Crippen LogP contribution is 2.24. The lowest BCUT2D eigenvalue weighted by molar-refractivity contribution is -0.138. The Bertz CT molecular complexity index is 498. The summed E-state index contributed by atoms with van der Waals surface area (Å²) in [5, 5.41) is 4.77. The van der Waals surface area contributed by atoms with Gasteiger partial charge in [0.1, 0.15) is 0 Å². The fourth-order valence-corrected chi connectivity index (χ4v) is 2.44. The third-order valence-corrected chi connectivity index (χ3v) is 3.54. The van der Waals surface area contributed by atoms with Crippen LogP contribution in [0.3, 0.4) is 0 Å². The molecule has 18 heavy (non-hydrogen) atoms. The first-order valence-electron chi connectivity index (χ1n) is 6.02. The van der Waals surface area contributed by atoms with Crippen LogP contribution in [-0.2, 0) is 9.63 Å². The Morgan fingerprint density at radius 1 is 1.33 bits per heavy atom. The van der Waals surface area contributed by atoms with E-state index >= 15 is 0 Å². The number of hydrogen-bond donors (Lipinski definition) is 0. The van der Waals surface area contributed by atoms with Crippen molar-refractivity contribution in [2.75, 3.05) is 6.54 Å². The number of halogens is 1. The average Bonchev–Trinajstić information content (AvgIpc) is 2.98. The fourth-order valence-electron chi connectivity index (χ4n) is 2.32. The van der Waals surface area contributed by atoms with Crippen molar-refractivity contribution in [3.8, 4) is 0 Å². The minimum Gasteiger partial charge on any atom is -0.370 e. The van der Waals surface area contributed by atoms with Gasteiger partial charge in [0.15, 0.2) is 0 Å². The van der Waals surface area contributed by atoms with E-state index < -0.39 is 0 Å². The molecule has 4 nitrogen and oxygen atoms in total. The first-order valence-corrected chi connectivity index (χ1v) is 6.40. The third-order valence-electron chi connectivity index (χ3n) is 3.29. The Labute approximate surface area is 110 Å².